The molecule has 3 heterocycles. The van der Waals surface area contributed by atoms with Gasteiger partial charge in [-0.05, 0) is 6.07 Å². The number of hydrogen-bond acceptors (Lipinski definition) is 5. The van der Waals surface area contributed by atoms with Gasteiger partial charge < -0.3 is 14.7 Å². The van der Waals surface area contributed by atoms with Gasteiger partial charge in [0.2, 0.25) is 5.91 Å². The molecule has 0 bridgehead atoms. The van der Waals surface area contributed by atoms with E-state index in [1.165, 1.54) is 0 Å². The zero-order chi connectivity index (χ0) is 19.0. The van der Waals surface area contributed by atoms with Crippen LogP contribution in [0.25, 0.3) is 0 Å². The van der Waals surface area contributed by atoms with Gasteiger partial charge in [-0.25, -0.2) is 4.79 Å². The molecule has 0 saturated heterocycles. The van der Waals surface area contributed by atoms with Gasteiger partial charge in [0, 0.05) is 56.5 Å². The summed E-state index contributed by atoms with van der Waals surface area (Å²) in [5, 5.41) is 13.5. The highest BCUT2D eigenvalue weighted by Gasteiger charge is 2.30. The topological polar surface area (TPSA) is 87.9 Å². The van der Waals surface area contributed by atoms with Crippen molar-refractivity contribution in [2.45, 2.75) is 19.5 Å². The number of nitrogens with zero attached hydrogens (tertiary/aromatic N) is 4. The number of carboxylic acid groups (broad SMARTS) is 1. The minimum absolute atomic E-state index is 0.000206. The maximum Gasteiger partial charge on any atom is 0.356 e. The van der Waals surface area contributed by atoms with Crippen molar-refractivity contribution in [3.05, 3.63) is 46.8 Å². The van der Waals surface area contributed by atoms with Crippen molar-refractivity contribution in [2.24, 2.45) is 7.05 Å². The number of para-hydroxylation sites is 1. The molecular formula is C19H22N4O4. The summed E-state index contributed by atoms with van der Waals surface area (Å²) in [5.74, 6) is -0.181. The lowest BCUT2D eigenvalue weighted by atomic mass is 10.0. The average Bonchev–Trinajstić information content (AvgIpc) is 2.85. The fraction of sp³-hybridized carbons (Fsp3) is 0.421. The van der Waals surface area contributed by atoms with Crippen molar-refractivity contribution in [1.29, 1.82) is 0 Å². The molecule has 0 aliphatic carbocycles. The molecule has 2 aliphatic rings. The summed E-state index contributed by atoms with van der Waals surface area (Å²) in [6.07, 6.45) is 0.615. The Kier molecular flexibility index (Phi) is 4.57. The predicted octanol–water partition coefficient (Wildman–Crippen LogP) is 0.898. The van der Waals surface area contributed by atoms with E-state index in [0.717, 1.165) is 17.0 Å². The number of fused-ring (bicyclic) bond motifs is 2. The van der Waals surface area contributed by atoms with Gasteiger partial charge in [0.1, 0.15) is 12.4 Å². The minimum atomic E-state index is -1.05. The van der Waals surface area contributed by atoms with E-state index in [1.54, 1.807) is 16.6 Å². The van der Waals surface area contributed by atoms with Gasteiger partial charge in [-0.3, -0.25) is 14.4 Å². The maximum atomic E-state index is 12.9. The zero-order valence-corrected chi connectivity index (χ0v) is 15.2. The lowest BCUT2D eigenvalue weighted by Gasteiger charge is -2.29. The summed E-state index contributed by atoms with van der Waals surface area (Å²) in [4.78, 5) is 28.1. The Morgan fingerprint density at radius 1 is 1.22 bits per heavy atom. The number of carbonyl (C=O) groups is 2. The lowest BCUT2D eigenvalue weighted by molar-refractivity contribution is -0.133. The molecule has 4 rings (SSSR count). The first-order valence-corrected chi connectivity index (χ1v) is 9.02. The van der Waals surface area contributed by atoms with E-state index in [1.807, 2.05) is 24.3 Å². The molecule has 2 aromatic rings. The van der Waals surface area contributed by atoms with Crippen LogP contribution in [0.1, 0.15) is 27.3 Å². The summed E-state index contributed by atoms with van der Waals surface area (Å²) in [7, 11) is 1.75. The van der Waals surface area contributed by atoms with Crippen molar-refractivity contribution in [3.63, 3.8) is 0 Å². The molecule has 1 N–H and O–H groups in total. The molecule has 0 unspecified atom stereocenters. The Hall–Kier alpha value is -2.87. The standard InChI is InChI=1S/C19H22N4O4/c1-21-15-6-7-23(11-14(15)18(20-21)19(25)26)17(24)12-22-8-9-27-16-5-3-2-4-13(16)10-22/h2-5H,6-12H2,1H3,(H,25,26). The lowest BCUT2D eigenvalue weighted by Crippen LogP contribution is -2.43. The van der Waals surface area contributed by atoms with E-state index in [4.69, 9.17) is 4.74 Å². The molecule has 0 radical (unpaired) electrons. The number of carboxylic acids is 1. The molecule has 1 amide bonds. The molecule has 1 aromatic carbocycles. The Morgan fingerprint density at radius 3 is 2.85 bits per heavy atom. The van der Waals surface area contributed by atoms with Crippen LogP contribution in [0.5, 0.6) is 5.75 Å². The Bertz CT molecular complexity index is 892. The third kappa shape index (κ3) is 3.40. The number of rotatable bonds is 3. The van der Waals surface area contributed by atoms with Gasteiger partial charge in [-0.2, -0.15) is 5.10 Å². The van der Waals surface area contributed by atoms with Gasteiger partial charge in [0.15, 0.2) is 5.69 Å². The van der Waals surface area contributed by atoms with Gasteiger partial charge in [0.25, 0.3) is 0 Å². The van der Waals surface area contributed by atoms with Crippen LogP contribution in [0.3, 0.4) is 0 Å². The Balaban J connectivity index is 1.46. The van der Waals surface area contributed by atoms with E-state index < -0.39 is 5.97 Å². The second-order valence-corrected chi connectivity index (χ2v) is 6.93. The van der Waals surface area contributed by atoms with E-state index in [2.05, 4.69) is 10.00 Å². The van der Waals surface area contributed by atoms with E-state index in [-0.39, 0.29) is 18.1 Å². The number of aromatic nitrogens is 2. The van der Waals surface area contributed by atoms with Gasteiger partial charge >= 0.3 is 5.97 Å². The summed E-state index contributed by atoms with van der Waals surface area (Å²) >= 11 is 0. The summed E-state index contributed by atoms with van der Waals surface area (Å²) in [6, 6.07) is 7.87. The summed E-state index contributed by atoms with van der Waals surface area (Å²) < 4.78 is 7.37. The number of aryl methyl sites for hydroxylation is 1. The molecule has 0 atom stereocenters. The monoisotopic (exact) mass is 370 g/mol. The molecule has 1 aromatic heterocycles. The summed E-state index contributed by atoms with van der Waals surface area (Å²) in [6.45, 7) is 3.03. The minimum Gasteiger partial charge on any atom is -0.492 e. The first-order valence-electron chi connectivity index (χ1n) is 9.02. The van der Waals surface area contributed by atoms with Crippen molar-refractivity contribution in [3.8, 4) is 5.75 Å². The van der Waals surface area contributed by atoms with E-state index in [0.29, 0.717) is 44.8 Å². The van der Waals surface area contributed by atoms with Gasteiger partial charge in [0.05, 0.1) is 6.54 Å². The van der Waals surface area contributed by atoms with Gasteiger partial charge in [-0.1, -0.05) is 18.2 Å². The first-order chi connectivity index (χ1) is 13.0. The van der Waals surface area contributed by atoms with Crippen molar-refractivity contribution >= 4 is 11.9 Å². The van der Waals surface area contributed by atoms with Crippen molar-refractivity contribution in [2.75, 3.05) is 26.2 Å². The first kappa shape index (κ1) is 17.5. The Labute approximate surface area is 156 Å². The normalized spacial score (nSPS) is 16.9. The number of hydrogen-bond donors (Lipinski definition) is 1. The highest BCUT2D eigenvalue weighted by molar-refractivity contribution is 5.88. The number of ether oxygens (including phenoxy) is 1. The third-order valence-corrected chi connectivity index (χ3v) is 5.19. The van der Waals surface area contributed by atoms with Crippen molar-refractivity contribution in [1.82, 2.24) is 19.6 Å². The number of amides is 1. The average molecular weight is 370 g/mol. The summed E-state index contributed by atoms with van der Waals surface area (Å²) in [5.41, 5.74) is 2.66. The van der Waals surface area contributed by atoms with Crippen LogP contribution >= 0.6 is 0 Å². The highest BCUT2D eigenvalue weighted by Crippen LogP contribution is 2.24. The van der Waals surface area contributed by atoms with Crippen LogP contribution < -0.4 is 4.74 Å². The second-order valence-electron chi connectivity index (χ2n) is 6.93. The molecule has 8 heteroatoms. The number of carbonyl (C=O) groups excluding carboxylic acids is 1. The number of benzene rings is 1. The maximum absolute atomic E-state index is 12.9. The molecule has 2 aliphatic heterocycles. The fourth-order valence-electron chi connectivity index (χ4n) is 3.78. The quantitative estimate of drug-likeness (QED) is 0.864. The van der Waals surface area contributed by atoms with E-state index in [9.17, 15) is 14.7 Å². The molecule has 0 spiro atoms. The molecule has 142 valence electrons. The number of aromatic carboxylic acids is 1. The van der Waals surface area contributed by atoms with Crippen LogP contribution in [0.4, 0.5) is 0 Å². The van der Waals surface area contributed by atoms with Crippen LogP contribution in [0, 0.1) is 0 Å². The zero-order valence-electron chi connectivity index (χ0n) is 15.2. The van der Waals surface area contributed by atoms with Crippen LogP contribution in [-0.2, 0) is 31.4 Å². The SMILES string of the molecule is Cn1nc(C(=O)O)c2c1CCN(C(=O)CN1CCOc3ccccc3C1)C2. The highest BCUT2D eigenvalue weighted by atomic mass is 16.5. The smallest absolute Gasteiger partial charge is 0.356 e. The molecule has 27 heavy (non-hydrogen) atoms. The molecule has 0 fully saturated rings. The van der Waals surface area contributed by atoms with Crippen LogP contribution in [0.2, 0.25) is 0 Å². The Morgan fingerprint density at radius 2 is 2.04 bits per heavy atom. The largest absolute Gasteiger partial charge is 0.492 e. The third-order valence-electron chi connectivity index (χ3n) is 5.19. The molecule has 0 saturated carbocycles. The van der Waals surface area contributed by atoms with Gasteiger partial charge in [-0.15, -0.1) is 0 Å². The van der Waals surface area contributed by atoms with Crippen molar-refractivity contribution < 1.29 is 19.4 Å². The predicted molar refractivity (Wildman–Crippen MR) is 96.5 cm³/mol. The van der Waals surface area contributed by atoms with Crippen LogP contribution in [0.15, 0.2) is 24.3 Å². The molecule has 8 nitrogen and oxygen atoms in total. The second kappa shape index (κ2) is 7.03. The molecular weight excluding hydrogens is 348 g/mol. The fourth-order valence-corrected chi connectivity index (χ4v) is 3.78. The van der Waals surface area contributed by atoms with Crippen LogP contribution in [-0.4, -0.2) is 62.8 Å². The van der Waals surface area contributed by atoms with E-state index >= 15 is 0 Å².